The van der Waals surface area contributed by atoms with Crippen LogP contribution in [0.15, 0.2) is 42.0 Å². The molecule has 1 saturated heterocycles. The van der Waals surface area contributed by atoms with Gasteiger partial charge in [0.2, 0.25) is 0 Å². The standard InChI is InChI=1S/C20H18N2O2/c1-19(2)12-20(10-16(11-21)18(19)24)13-22(14-20)17(23)9-8-15-6-4-3-5-7-15/h3-7,10H,12-14H2,1-2H3. The lowest BCUT2D eigenvalue weighted by atomic mass is 9.61. The van der Waals surface area contributed by atoms with Crippen LogP contribution in [0.3, 0.4) is 0 Å². The average Bonchev–Trinajstić information content (AvgIpc) is 2.53. The van der Waals surface area contributed by atoms with Crippen LogP contribution >= 0.6 is 0 Å². The molecule has 1 spiro atoms. The first-order valence-electron chi connectivity index (χ1n) is 7.89. The maximum absolute atomic E-state index is 12.2. The number of Topliss-reactive ketones (excluding diaryl/α,β-unsaturated/α-hetero) is 1. The van der Waals surface area contributed by atoms with Crippen LogP contribution < -0.4 is 0 Å². The monoisotopic (exact) mass is 318 g/mol. The molecule has 24 heavy (non-hydrogen) atoms. The van der Waals surface area contributed by atoms with E-state index in [4.69, 9.17) is 0 Å². The van der Waals surface area contributed by atoms with Crippen LogP contribution in [-0.4, -0.2) is 29.7 Å². The molecule has 0 bridgehead atoms. The summed E-state index contributed by atoms with van der Waals surface area (Å²) in [5, 5.41) is 9.19. The number of hydrogen-bond donors (Lipinski definition) is 0. The van der Waals surface area contributed by atoms with Gasteiger partial charge in [0, 0.05) is 35.4 Å². The minimum Gasteiger partial charge on any atom is -0.330 e. The van der Waals surface area contributed by atoms with Crippen LogP contribution in [0.2, 0.25) is 0 Å². The van der Waals surface area contributed by atoms with Crippen LogP contribution in [0, 0.1) is 34.0 Å². The minimum absolute atomic E-state index is 0.107. The quantitative estimate of drug-likeness (QED) is 0.690. The molecule has 0 unspecified atom stereocenters. The van der Waals surface area contributed by atoms with Gasteiger partial charge < -0.3 is 4.90 Å². The highest BCUT2D eigenvalue weighted by Gasteiger charge is 2.52. The Morgan fingerprint density at radius 2 is 1.88 bits per heavy atom. The summed E-state index contributed by atoms with van der Waals surface area (Å²) in [7, 11) is 0. The van der Waals surface area contributed by atoms with Gasteiger partial charge in [-0.25, -0.2) is 0 Å². The second-order valence-corrected chi connectivity index (χ2v) is 7.20. The fourth-order valence-corrected chi connectivity index (χ4v) is 3.62. The SMILES string of the molecule is CC1(C)CC2(C=C(C#N)C1=O)CN(C(=O)C#Cc1ccccc1)C2. The Kier molecular flexibility index (Phi) is 3.78. The van der Waals surface area contributed by atoms with E-state index in [1.165, 1.54) is 0 Å². The van der Waals surface area contributed by atoms with E-state index in [2.05, 4.69) is 11.8 Å². The van der Waals surface area contributed by atoms with E-state index in [-0.39, 0.29) is 22.7 Å². The van der Waals surface area contributed by atoms with Crippen molar-refractivity contribution >= 4 is 11.7 Å². The highest BCUT2D eigenvalue weighted by molar-refractivity contribution is 6.04. The first-order valence-corrected chi connectivity index (χ1v) is 7.89. The summed E-state index contributed by atoms with van der Waals surface area (Å²) in [5.74, 6) is 5.20. The van der Waals surface area contributed by atoms with E-state index in [0.717, 1.165) is 5.56 Å². The summed E-state index contributed by atoms with van der Waals surface area (Å²) in [5.41, 5.74) is 0.183. The molecular formula is C20H18N2O2. The van der Waals surface area contributed by atoms with Gasteiger partial charge >= 0.3 is 0 Å². The molecule has 1 fully saturated rings. The largest absolute Gasteiger partial charge is 0.330 e. The summed E-state index contributed by atoms with van der Waals surface area (Å²) in [4.78, 5) is 26.1. The van der Waals surface area contributed by atoms with Gasteiger partial charge in [-0.05, 0) is 18.6 Å². The molecule has 1 aliphatic carbocycles. The zero-order chi connectivity index (χ0) is 17.4. The van der Waals surface area contributed by atoms with Gasteiger partial charge in [0.05, 0.1) is 5.57 Å². The molecule has 1 aromatic rings. The number of nitrogens with zero attached hydrogens (tertiary/aromatic N) is 2. The molecule has 0 N–H and O–H groups in total. The maximum Gasteiger partial charge on any atom is 0.298 e. The van der Waals surface area contributed by atoms with Gasteiger partial charge in [-0.3, -0.25) is 9.59 Å². The van der Waals surface area contributed by atoms with Crippen molar-refractivity contribution in [2.75, 3.05) is 13.1 Å². The van der Waals surface area contributed by atoms with Crippen LogP contribution in [0.1, 0.15) is 25.8 Å². The number of allylic oxidation sites excluding steroid dienone is 1. The van der Waals surface area contributed by atoms with Gasteiger partial charge in [0.1, 0.15) is 6.07 Å². The number of carbonyl (C=O) groups is 2. The van der Waals surface area contributed by atoms with Crippen LogP contribution in [0.25, 0.3) is 0 Å². The van der Waals surface area contributed by atoms with E-state index in [9.17, 15) is 14.9 Å². The fourth-order valence-electron chi connectivity index (χ4n) is 3.62. The highest BCUT2D eigenvalue weighted by atomic mass is 16.2. The van der Waals surface area contributed by atoms with Crippen LogP contribution in [0.5, 0.6) is 0 Å². The molecule has 2 aliphatic rings. The molecule has 4 heteroatoms. The molecule has 0 aromatic heterocycles. The molecule has 1 amide bonds. The molecular weight excluding hydrogens is 300 g/mol. The number of carbonyl (C=O) groups excluding carboxylic acids is 2. The zero-order valence-electron chi connectivity index (χ0n) is 13.8. The third-order valence-corrected chi connectivity index (χ3v) is 4.61. The number of likely N-dealkylation sites (tertiary alicyclic amines) is 1. The Bertz CT molecular complexity index is 826. The Balaban J connectivity index is 1.72. The molecule has 120 valence electrons. The fraction of sp³-hybridized carbons (Fsp3) is 0.350. The first kappa shape index (κ1) is 16.0. The molecule has 3 rings (SSSR count). The first-order chi connectivity index (χ1) is 11.4. The Hall–Kier alpha value is -2.85. The number of amides is 1. The second kappa shape index (κ2) is 5.65. The summed E-state index contributed by atoms with van der Waals surface area (Å²) in [6, 6.07) is 11.4. The lowest BCUT2D eigenvalue weighted by Gasteiger charge is -2.52. The van der Waals surface area contributed by atoms with Crippen LogP contribution in [0.4, 0.5) is 0 Å². The van der Waals surface area contributed by atoms with Crippen molar-refractivity contribution in [2.45, 2.75) is 20.3 Å². The predicted octanol–water partition coefficient (Wildman–Crippen LogP) is 2.32. The van der Waals surface area contributed by atoms with E-state index in [1.807, 2.05) is 50.2 Å². The molecule has 0 saturated carbocycles. The normalized spacial score (nSPS) is 20.3. The van der Waals surface area contributed by atoms with E-state index in [0.29, 0.717) is 19.5 Å². The Morgan fingerprint density at radius 1 is 1.21 bits per heavy atom. The second-order valence-electron chi connectivity index (χ2n) is 7.20. The highest BCUT2D eigenvalue weighted by Crippen LogP contribution is 2.47. The molecule has 1 aliphatic heterocycles. The molecule has 0 radical (unpaired) electrons. The topological polar surface area (TPSA) is 61.2 Å². The summed E-state index contributed by atoms with van der Waals surface area (Å²) in [6.45, 7) is 4.75. The summed E-state index contributed by atoms with van der Waals surface area (Å²) < 4.78 is 0. The van der Waals surface area contributed by atoms with Crippen molar-refractivity contribution in [3.8, 4) is 17.9 Å². The van der Waals surface area contributed by atoms with Crippen molar-refractivity contribution in [3.63, 3.8) is 0 Å². The van der Waals surface area contributed by atoms with E-state index < -0.39 is 5.41 Å². The average molecular weight is 318 g/mol. The molecule has 1 heterocycles. The lowest BCUT2D eigenvalue weighted by Crippen LogP contribution is -2.60. The van der Waals surface area contributed by atoms with Crippen LogP contribution in [-0.2, 0) is 9.59 Å². The number of rotatable bonds is 0. The van der Waals surface area contributed by atoms with Crippen molar-refractivity contribution in [1.29, 1.82) is 5.26 Å². The van der Waals surface area contributed by atoms with Crippen molar-refractivity contribution < 1.29 is 9.59 Å². The molecule has 1 aromatic carbocycles. The van der Waals surface area contributed by atoms with Gasteiger partial charge in [-0.15, -0.1) is 0 Å². The Labute approximate surface area is 141 Å². The summed E-state index contributed by atoms with van der Waals surface area (Å²) in [6.07, 6.45) is 2.41. The van der Waals surface area contributed by atoms with Gasteiger partial charge in [0.25, 0.3) is 5.91 Å². The predicted molar refractivity (Wildman–Crippen MR) is 89.4 cm³/mol. The number of hydrogen-bond acceptors (Lipinski definition) is 3. The van der Waals surface area contributed by atoms with Crippen molar-refractivity contribution in [1.82, 2.24) is 4.90 Å². The van der Waals surface area contributed by atoms with E-state index in [1.54, 1.807) is 11.0 Å². The lowest BCUT2D eigenvalue weighted by molar-refractivity contribution is -0.138. The van der Waals surface area contributed by atoms with Crippen molar-refractivity contribution in [2.24, 2.45) is 10.8 Å². The maximum atomic E-state index is 12.2. The number of benzene rings is 1. The van der Waals surface area contributed by atoms with Gasteiger partial charge in [-0.1, -0.05) is 44.0 Å². The van der Waals surface area contributed by atoms with Gasteiger partial charge in [-0.2, -0.15) is 5.26 Å². The van der Waals surface area contributed by atoms with Crippen molar-refractivity contribution in [3.05, 3.63) is 47.5 Å². The minimum atomic E-state index is -0.565. The Morgan fingerprint density at radius 3 is 2.50 bits per heavy atom. The number of nitriles is 1. The van der Waals surface area contributed by atoms with Gasteiger partial charge in [0.15, 0.2) is 5.78 Å². The summed E-state index contributed by atoms with van der Waals surface area (Å²) >= 11 is 0. The molecule has 4 nitrogen and oxygen atoms in total. The van der Waals surface area contributed by atoms with E-state index >= 15 is 0 Å². The molecule has 0 atom stereocenters. The zero-order valence-corrected chi connectivity index (χ0v) is 13.8. The number of ketones is 1. The third-order valence-electron chi connectivity index (χ3n) is 4.61. The third kappa shape index (κ3) is 2.84. The smallest absolute Gasteiger partial charge is 0.298 e.